The number of benzene rings is 2. The highest BCUT2D eigenvalue weighted by Gasteiger charge is 2.18. The van der Waals surface area contributed by atoms with E-state index in [1.165, 1.54) is 30.4 Å². The molecule has 0 spiro atoms. The third-order valence-corrected chi connectivity index (χ3v) is 6.27. The number of nitrogens with zero attached hydrogens (tertiary/aromatic N) is 1. The molecule has 33 heavy (non-hydrogen) atoms. The van der Waals surface area contributed by atoms with Gasteiger partial charge in [-0.3, -0.25) is 14.5 Å². The van der Waals surface area contributed by atoms with Crippen LogP contribution in [0.4, 0.5) is 5.69 Å². The summed E-state index contributed by atoms with van der Waals surface area (Å²) in [7, 11) is -3.83. The van der Waals surface area contributed by atoms with Crippen molar-refractivity contribution < 1.29 is 22.7 Å². The summed E-state index contributed by atoms with van der Waals surface area (Å²) < 4.78 is 32.8. The van der Waals surface area contributed by atoms with Crippen LogP contribution in [0.15, 0.2) is 64.5 Å². The molecule has 10 heteroatoms. The molecule has 0 saturated carbocycles. The minimum atomic E-state index is -3.83. The zero-order valence-electron chi connectivity index (χ0n) is 17.8. The minimum Gasteiger partial charge on any atom is -0.452 e. The molecule has 3 rings (SSSR count). The summed E-state index contributed by atoms with van der Waals surface area (Å²) in [4.78, 5) is 28.2. The number of ether oxygens (including phenoxy) is 1. The van der Waals surface area contributed by atoms with Crippen molar-refractivity contribution >= 4 is 51.1 Å². The molecule has 0 atom stereocenters. The highest BCUT2D eigenvalue weighted by Crippen LogP contribution is 2.17. The van der Waals surface area contributed by atoms with Crippen LogP contribution in [0.3, 0.4) is 0 Å². The topological polar surface area (TPSA) is 114 Å². The highest BCUT2D eigenvalue weighted by atomic mass is 35.5. The molecular weight excluding hydrogens is 466 g/mol. The van der Waals surface area contributed by atoms with Gasteiger partial charge in [-0.1, -0.05) is 36.2 Å². The molecule has 2 aromatic rings. The largest absolute Gasteiger partial charge is 0.452 e. The highest BCUT2D eigenvalue weighted by molar-refractivity contribution is 7.90. The molecule has 0 bridgehead atoms. The number of rotatable bonds is 7. The van der Waals surface area contributed by atoms with E-state index in [-0.39, 0.29) is 10.6 Å². The number of halogens is 1. The second-order valence-electron chi connectivity index (χ2n) is 7.32. The first kappa shape index (κ1) is 24.5. The number of anilines is 1. The number of amides is 1. The maximum atomic E-state index is 12.7. The lowest BCUT2D eigenvalue weighted by Gasteiger charge is -2.11. The van der Waals surface area contributed by atoms with Crippen LogP contribution < -0.4 is 10.0 Å². The number of esters is 1. The SMILES string of the molecule is O=C(COC(=O)/C=C/c1cccc(Cl)c1)Nc1cccc(S(=O)(=O)NC2=NCCCCC2)c1. The van der Waals surface area contributed by atoms with E-state index in [0.29, 0.717) is 29.4 Å². The van der Waals surface area contributed by atoms with Gasteiger partial charge in [0, 0.05) is 29.8 Å². The Morgan fingerprint density at radius 1 is 1.09 bits per heavy atom. The fourth-order valence-corrected chi connectivity index (χ4v) is 4.40. The Labute approximate surface area is 197 Å². The molecule has 1 aliphatic heterocycles. The van der Waals surface area contributed by atoms with Crippen molar-refractivity contribution in [2.24, 2.45) is 4.99 Å². The number of nitrogens with one attached hydrogen (secondary N) is 2. The summed E-state index contributed by atoms with van der Waals surface area (Å²) in [5, 5.41) is 3.06. The Hall–Kier alpha value is -3.17. The van der Waals surface area contributed by atoms with Crippen LogP contribution in [0.1, 0.15) is 31.2 Å². The Bertz CT molecular complexity index is 1180. The Balaban J connectivity index is 1.54. The Morgan fingerprint density at radius 3 is 2.73 bits per heavy atom. The van der Waals surface area contributed by atoms with Crippen molar-refractivity contribution in [2.75, 3.05) is 18.5 Å². The molecule has 2 aromatic carbocycles. The van der Waals surface area contributed by atoms with Crippen LogP contribution in [0, 0.1) is 0 Å². The van der Waals surface area contributed by atoms with Gasteiger partial charge in [0.1, 0.15) is 5.84 Å². The molecule has 1 amide bonds. The first-order valence-corrected chi connectivity index (χ1v) is 12.2. The lowest BCUT2D eigenvalue weighted by Crippen LogP contribution is -2.30. The van der Waals surface area contributed by atoms with E-state index in [1.54, 1.807) is 30.3 Å². The van der Waals surface area contributed by atoms with Gasteiger partial charge in [-0.2, -0.15) is 0 Å². The van der Waals surface area contributed by atoms with Crippen molar-refractivity contribution in [3.8, 4) is 0 Å². The van der Waals surface area contributed by atoms with Crippen LogP contribution in [-0.4, -0.2) is 39.3 Å². The van der Waals surface area contributed by atoms with Crippen molar-refractivity contribution in [3.63, 3.8) is 0 Å². The number of hydrogen-bond donors (Lipinski definition) is 2. The average molecular weight is 490 g/mol. The number of carbonyl (C=O) groups is 2. The molecule has 8 nitrogen and oxygen atoms in total. The molecule has 174 valence electrons. The molecule has 0 fully saturated rings. The monoisotopic (exact) mass is 489 g/mol. The van der Waals surface area contributed by atoms with Crippen LogP contribution in [0.5, 0.6) is 0 Å². The van der Waals surface area contributed by atoms with Gasteiger partial charge in [-0.25, -0.2) is 13.2 Å². The van der Waals surface area contributed by atoms with E-state index in [1.807, 2.05) is 0 Å². The van der Waals surface area contributed by atoms with Gasteiger partial charge >= 0.3 is 5.97 Å². The van der Waals surface area contributed by atoms with Gasteiger partial charge in [-0.15, -0.1) is 0 Å². The Morgan fingerprint density at radius 2 is 1.91 bits per heavy atom. The molecule has 1 aliphatic rings. The van der Waals surface area contributed by atoms with Gasteiger partial charge in [0.2, 0.25) is 0 Å². The zero-order chi connectivity index (χ0) is 23.7. The fourth-order valence-electron chi connectivity index (χ4n) is 3.07. The summed E-state index contributed by atoms with van der Waals surface area (Å²) >= 11 is 5.88. The minimum absolute atomic E-state index is 0.00584. The number of amidine groups is 1. The summed E-state index contributed by atoms with van der Waals surface area (Å²) in [6.07, 6.45) is 6.11. The van der Waals surface area contributed by atoms with Crippen LogP contribution in [-0.2, 0) is 24.3 Å². The molecule has 0 aliphatic carbocycles. The second-order valence-corrected chi connectivity index (χ2v) is 9.44. The van der Waals surface area contributed by atoms with Crippen LogP contribution in [0.2, 0.25) is 5.02 Å². The molecule has 0 aromatic heterocycles. The number of carbonyl (C=O) groups excluding carboxylic acids is 2. The average Bonchev–Trinajstić information content (AvgIpc) is 3.05. The third-order valence-electron chi connectivity index (χ3n) is 4.66. The number of sulfonamides is 1. The maximum absolute atomic E-state index is 12.7. The van der Waals surface area contributed by atoms with E-state index in [4.69, 9.17) is 16.3 Å². The predicted octanol–water partition coefficient (Wildman–Crippen LogP) is 3.79. The predicted molar refractivity (Wildman–Crippen MR) is 128 cm³/mol. The van der Waals surface area contributed by atoms with Gasteiger partial charge < -0.3 is 10.1 Å². The lowest BCUT2D eigenvalue weighted by atomic mass is 10.2. The standard InChI is InChI=1S/C23H24ClN3O5S/c24-18-7-4-6-17(14-18)11-12-23(29)32-16-22(28)26-19-8-5-9-20(15-19)33(30,31)27-21-10-2-1-3-13-25-21/h4-9,11-12,14-15H,1-3,10,13,16H2,(H,25,27)(H,26,28)/b12-11+. The number of aliphatic imine (C=N–C) groups is 1. The van der Waals surface area contributed by atoms with Gasteiger partial charge in [0.05, 0.1) is 4.90 Å². The molecule has 2 N–H and O–H groups in total. The molecule has 0 saturated heterocycles. The normalized spacial score (nSPS) is 14.3. The molecular formula is C23H24ClN3O5S. The van der Waals surface area contributed by atoms with Gasteiger partial charge in [-0.05, 0) is 54.8 Å². The molecule has 1 heterocycles. The smallest absolute Gasteiger partial charge is 0.331 e. The van der Waals surface area contributed by atoms with E-state index >= 15 is 0 Å². The maximum Gasteiger partial charge on any atom is 0.331 e. The first-order chi connectivity index (χ1) is 15.8. The summed E-state index contributed by atoms with van der Waals surface area (Å²) in [6, 6.07) is 12.7. The van der Waals surface area contributed by atoms with Gasteiger partial charge in [0.25, 0.3) is 15.9 Å². The van der Waals surface area contributed by atoms with Crippen molar-refractivity contribution in [1.82, 2.24) is 4.72 Å². The van der Waals surface area contributed by atoms with Crippen LogP contribution >= 0.6 is 11.6 Å². The second kappa shape index (κ2) is 11.6. The van der Waals surface area contributed by atoms with Crippen LogP contribution in [0.25, 0.3) is 6.08 Å². The van der Waals surface area contributed by atoms with E-state index in [0.717, 1.165) is 19.3 Å². The fraction of sp³-hybridized carbons (Fsp3) is 0.261. The summed E-state index contributed by atoms with van der Waals surface area (Å²) in [6.45, 7) is 0.0751. The van der Waals surface area contributed by atoms with Crippen molar-refractivity contribution in [3.05, 3.63) is 65.2 Å². The summed E-state index contributed by atoms with van der Waals surface area (Å²) in [5.41, 5.74) is 0.974. The van der Waals surface area contributed by atoms with Gasteiger partial charge in [0.15, 0.2) is 6.61 Å². The third kappa shape index (κ3) is 8.03. The van der Waals surface area contributed by atoms with Crippen molar-refractivity contribution in [2.45, 2.75) is 30.6 Å². The van der Waals surface area contributed by atoms with E-state index < -0.39 is 28.5 Å². The van der Waals surface area contributed by atoms with E-state index in [2.05, 4.69) is 15.0 Å². The van der Waals surface area contributed by atoms with E-state index in [9.17, 15) is 18.0 Å². The quantitative estimate of drug-likeness (QED) is 0.453. The number of hydrogen-bond acceptors (Lipinski definition) is 6. The Kier molecular flexibility index (Phi) is 8.62. The first-order valence-electron chi connectivity index (χ1n) is 10.4. The van der Waals surface area contributed by atoms with Crippen molar-refractivity contribution in [1.29, 1.82) is 0 Å². The lowest BCUT2D eigenvalue weighted by molar-refractivity contribution is -0.142. The zero-order valence-corrected chi connectivity index (χ0v) is 19.4. The molecule has 0 radical (unpaired) electrons. The molecule has 0 unspecified atom stereocenters. The summed E-state index contributed by atoms with van der Waals surface area (Å²) in [5.74, 6) is -0.857.